The number of esters is 1. The van der Waals surface area contributed by atoms with E-state index in [1.165, 1.54) is 10.4 Å². The molecule has 0 aliphatic rings. The summed E-state index contributed by atoms with van der Waals surface area (Å²) in [4.78, 5) is 11.5. The molecule has 2 aromatic rings. The van der Waals surface area contributed by atoms with Gasteiger partial charge in [-0.15, -0.1) is 0 Å². The van der Waals surface area contributed by atoms with Crippen molar-refractivity contribution in [3.05, 3.63) is 72.8 Å². The Morgan fingerprint density at radius 3 is 2.03 bits per heavy atom. The zero-order chi connectivity index (χ0) is 23.6. The van der Waals surface area contributed by atoms with Gasteiger partial charge in [0.1, 0.15) is 12.7 Å². The van der Waals surface area contributed by atoms with Gasteiger partial charge in [-0.3, -0.25) is 0 Å². The number of nitrogens with one attached hydrogen (secondary N) is 1. The maximum absolute atomic E-state index is 11.5. The largest absolute Gasteiger partial charge is 0.460 e. The molecule has 0 aliphatic carbocycles. The summed E-state index contributed by atoms with van der Waals surface area (Å²) in [6.45, 7) is 13.0. The third-order valence-electron chi connectivity index (χ3n) is 4.98. The van der Waals surface area contributed by atoms with E-state index in [0.29, 0.717) is 12.1 Å². The lowest BCUT2D eigenvalue weighted by atomic mass is 10.3. The van der Waals surface area contributed by atoms with E-state index in [1.807, 2.05) is 12.1 Å². The Bertz CT molecular complexity index is 814. The zero-order valence-corrected chi connectivity index (χ0v) is 21.8. The van der Waals surface area contributed by atoms with Crippen LogP contribution in [0.5, 0.6) is 0 Å². The molecule has 1 atom stereocenters. The summed E-state index contributed by atoms with van der Waals surface area (Å²) >= 11 is 0. The standard InChI is InChI=1S/C25H37NO4Si2/c1-21(2)25(28)29-20-22(27)19-26-17-12-18-32(30-31(3,4)5,23-13-8-6-9-14-23)24-15-10-7-11-16-24/h6-11,13-16,22,26-27H,1,12,17-20H2,2-5H3. The van der Waals surface area contributed by atoms with E-state index in [9.17, 15) is 9.90 Å². The van der Waals surface area contributed by atoms with Crippen molar-refractivity contribution < 1.29 is 18.8 Å². The molecule has 0 fully saturated rings. The van der Waals surface area contributed by atoms with Crippen LogP contribution in [0.1, 0.15) is 13.3 Å². The smallest absolute Gasteiger partial charge is 0.333 e. The highest BCUT2D eigenvalue weighted by Crippen LogP contribution is 2.21. The van der Waals surface area contributed by atoms with Crippen LogP contribution in [0.15, 0.2) is 72.8 Å². The van der Waals surface area contributed by atoms with E-state index in [1.54, 1.807) is 6.92 Å². The van der Waals surface area contributed by atoms with Crippen LogP contribution in [0.4, 0.5) is 0 Å². The van der Waals surface area contributed by atoms with Gasteiger partial charge in [-0.1, -0.05) is 67.2 Å². The lowest BCUT2D eigenvalue weighted by Crippen LogP contribution is -2.64. The number of ether oxygens (including phenoxy) is 1. The molecular formula is C25H37NO4Si2. The summed E-state index contributed by atoms with van der Waals surface area (Å²) in [5.41, 5.74) is 0.329. The van der Waals surface area contributed by atoms with E-state index < -0.39 is 28.7 Å². The highest BCUT2D eigenvalue weighted by atomic mass is 28.4. The number of hydrogen-bond donors (Lipinski definition) is 2. The summed E-state index contributed by atoms with van der Waals surface area (Å²) in [6, 6.07) is 22.2. The van der Waals surface area contributed by atoms with Crippen molar-refractivity contribution in [3.63, 3.8) is 0 Å². The third-order valence-corrected chi connectivity index (χ3v) is 12.4. The zero-order valence-electron chi connectivity index (χ0n) is 19.8. The van der Waals surface area contributed by atoms with Crippen LogP contribution in [0, 0.1) is 0 Å². The minimum atomic E-state index is -2.42. The number of rotatable bonds is 13. The average Bonchev–Trinajstić information content (AvgIpc) is 2.76. The lowest BCUT2D eigenvalue weighted by Gasteiger charge is -2.38. The van der Waals surface area contributed by atoms with Crippen LogP contribution < -0.4 is 15.7 Å². The molecule has 174 valence electrons. The van der Waals surface area contributed by atoms with Crippen molar-refractivity contribution in [3.8, 4) is 0 Å². The van der Waals surface area contributed by atoms with E-state index in [2.05, 4.69) is 80.1 Å². The van der Waals surface area contributed by atoms with Crippen molar-refractivity contribution in [2.45, 2.75) is 45.1 Å². The Balaban J connectivity index is 2.06. The van der Waals surface area contributed by atoms with Gasteiger partial charge in [0.25, 0.3) is 0 Å². The van der Waals surface area contributed by atoms with Gasteiger partial charge < -0.3 is 19.3 Å². The third kappa shape index (κ3) is 8.14. The first kappa shape index (κ1) is 26.2. The average molecular weight is 472 g/mol. The fourth-order valence-electron chi connectivity index (χ4n) is 3.65. The molecule has 0 spiro atoms. The summed E-state index contributed by atoms with van der Waals surface area (Å²) in [5, 5.41) is 15.9. The van der Waals surface area contributed by atoms with Crippen molar-refractivity contribution in [2.24, 2.45) is 0 Å². The molecule has 0 radical (unpaired) electrons. The fraction of sp³-hybridized carbons (Fsp3) is 0.400. The van der Waals surface area contributed by atoms with Crippen LogP contribution in [0.3, 0.4) is 0 Å². The number of carbonyl (C=O) groups excluding carboxylic acids is 1. The van der Waals surface area contributed by atoms with Gasteiger partial charge in [-0.05, 0) is 55.9 Å². The van der Waals surface area contributed by atoms with Gasteiger partial charge in [0.05, 0.1) is 0 Å². The Labute approximate surface area is 194 Å². The second-order valence-corrected chi connectivity index (χ2v) is 17.5. The van der Waals surface area contributed by atoms with Crippen LogP contribution in [-0.2, 0) is 13.6 Å². The Morgan fingerprint density at radius 2 is 1.56 bits per heavy atom. The van der Waals surface area contributed by atoms with E-state index >= 15 is 0 Å². The van der Waals surface area contributed by atoms with Crippen molar-refractivity contribution >= 4 is 33.0 Å². The predicted molar refractivity (Wildman–Crippen MR) is 136 cm³/mol. The molecule has 32 heavy (non-hydrogen) atoms. The maximum Gasteiger partial charge on any atom is 0.333 e. The molecule has 0 amide bonds. The molecule has 0 bridgehead atoms. The van der Waals surface area contributed by atoms with Gasteiger partial charge in [-0.25, -0.2) is 4.79 Å². The molecule has 5 nitrogen and oxygen atoms in total. The van der Waals surface area contributed by atoms with Crippen LogP contribution in [-0.4, -0.2) is 53.5 Å². The first-order valence-electron chi connectivity index (χ1n) is 11.2. The Morgan fingerprint density at radius 1 is 1.03 bits per heavy atom. The normalized spacial score (nSPS) is 12.9. The lowest BCUT2D eigenvalue weighted by molar-refractivity contribution is -0.141. The second-order valence-electron chi connectivity index (χ2n) is 9.11. The molecule has 2 aromatic carbocycles. The topological polar surface area (TPSA) is 67.8 Å². The summed E-state index contributed by atoms with van der Waals surface area (Å²) in [7, 11) is -4.25. The minimum Gasteiger partial charge on any atom is -0.460 e. The summed E-state index contributed by atoms with van der Waals surface area (Å²) in [6.07, 6.45) is 0.167. The van der Waals surface area contributed by atoms with Crippen molar-refractivity contribution in [2.75, 3.05) is 19.7 Å². The van der Waals surface area contributed by atoms with E-state index in [-0.39, 0.29) is 6.61 Å². The number of aliphatic hydroxyl groups is 1. The van der Waals surface area contributed by atoms with E-state index in [4.69, 9.17) is 8.85 Å². The molecule has 0 aromatic heterocycles. The number of hydrogen-bond acceptors (Lipinski definition) is 5. The van der Waals surface area contributed by atoms with E-state index in [0.717, 1.165) is 19.0 Å². The number of carbonyl (C=O) groups is 1. The Kier molecular flexibility index (Phi) is 10.1. The van der Waals surface area contributed by atoms with Crippen molar-refractivity contribution in [1.29, 1.82) is 0 Å². The number of benzene rings is 2. The minimum absolute atomic E-state index is 0.0376. The number of aliphatic hydroxyl groups excluding tert-OH is 1. The molecular weight excluding hydrogens is 434 g/mol. The summed E-state index contributed by atoms with van der Waals surface area (Å²) in [5.74, 6) is -0.478. The highest BCUT2D eigenvalue weighted by Gasteiger charge is 2.42. The molecule has 0 aliphatic heterocycles. The highest BCUT2D eigenvalue weighted by molar-refractivity contribution is 7.02. The first-order valence-corrected chi connectivity index (χ1v) is 16.7. The van der Waals surface area contributed by atoms with Crippen LogP contribution in [0.25, 0.3) is 0 Å². The second kappa shape index (κ2) is 12.3. The molecule has 0 saturated heterocycles. The first-order chi connectivity index (χ1) is 15.1. The van der Waals surface area contributed by atoms with Gasteiger partial charge in [0.2, 0.25) is 8.32 Å². The molecule has 0 heterocycles. The van der Waals surface area contributed by atoms with Gasteiger partial charge in [-0.2, -0.15) is 0 Å². The molecule has 2 N–H and O–H groups in total. The monoisotopic (exact) mass is 471 g/mol. The van der Waals surface area contributed by atoms with Gasteiger partial charge >= 0.3 is 5.97 Å². The molecule has 2 rings (SSSR count). The van der Waals surface area contributed by atoms with Crippen molar-refractivity contribution in [1.82, 2.24) is 5.32 Å². The molecule has 1 unspecified atom stereocenters. The van der Waals surface area contributed by atoms with Gasteiger partial charge in [0, 0.05) is 12.1 Å². The molecule has 0 saturated carbocycles. The summed E-state index contributed by atoms with van der Waals surface area (Å²) < 4.78 is 12.1. The fourth-order valence-corrected chi connectivity index (χ4v) is 12.2. The van der Waals surface area contributed by atoms with Crippen LogP contribution >= 0.6 is 0 Å². The van der Waals surface area contributed by atoms with Crippen LogP contribution in [0.2, 0.25) is 25.7 Å². The SMILES string of the molecule is C=C(C)C(=O)OCC(O)CNCCC[Si](O[Si](C)(C)C)(c1ccccc1)c1ccccc1. The molecule has 7 heteroatoms. The van der Waals surface area contributed by atoms with Gasteiger partial charge in [0.15, 0.2) is 8.32 Å². The predicted octanol–water partition coefficient (Wildman–Crippen LogP) is 3.06. The maximum atomic E-state index is 11.5. The quantitative estimate of drug-likeness (QED) is 0.203. The Hall–Kier alpha value is -2.04.